The number of ketones is 1. The summed E-state index contributed by atoms with van der Waals surface area (Å²) in [7, 11) is 0. The van der Waals surface area contributed by atoms with Gasteiger partial charge in [-0.05, 0) is 19.8 Å². The van der Waals surface area contributed by atoms with Crippen molar-refractivity contribution in [3.8, 4) is 0 Å². The molecule has 0 aliphatic heterocycles. The molecular formula is C11H18O3. The Labute approximate surface area is 84.8 Å². The molecule has 0 bridgehead atoms. The molecule has 80 valence electrons. The second-order valence-electron chi connectivity index (χ2n) is 3.89. The topological polar surface area (TPSA) is 43.4 Å². The SMILES string of the molecule is CCOC(=O)C1CCCCC(C)C1=O. The number of carbonyl (C=O) groups is 2. The van der Waals surface area contributed by atoms with Crippen molar-refractivity contribution in [2.24, 2.45) is 11.8 Å². The molecule has 1 aliphatic carbocycles. The van der Waals surface area contributed by atoms with Crippen molar-refractivity contribution in [2.45, 2.75) is 39.5 Å². The first-order chi connectivity index (χ1) is 6.66. The highest BCUT2D eigenvalue weighted by molar-refractivity contribution is 6.00. The predicted octanol–water partition coefficient (Wildman–Crippen LogP) is 1.94. The zero-order valence-electron chi connectivity index (χ0n) is 8.91. The van der Waals surface area contributed by atoms with Crippen LogP contribution in [0.25, 0.3) is 0 Å². The van der Waals surface area contributed by atoms with Crippen LogP contribution in [-0.2, 0) is 14.3 Å². The van der Waals surface area contributed by atoms with E-state index >= 15 is 0 Å². The van der Waals surface area contributed by atoms with Gasteiger partial charge in [0.2, 0.25) is 0 Å². The van der Waals surface area contributed by atoms with E-state index in [0.29, 0.717) is 13.0 Å². The molecule has 1 rings (SSSR count). The molecule has 14 heavy (non-hydrogen) atoms. The summed E-state index contributed by atoms with van der Waals surface area (Å²) in [6.45, 7) is 4.03. The fourth-order valence-electron chi connectivity index (χ4n) is 1.90. The number of hydrogen-bond acceptors (Lipinski definition) is 3. The first-order valence-corrected chi connectivity index (χ1v) is 5.37. The molecule has 2 atom stereocenters. The summed E-state index contributed by atoms with van der Waals surface area (Å²) in [5.41, 5.74) is 0. The van der Waals surface area contributed by atoms with Gasteiger partial charge in [-0.25, -0.2) is 0 Å². The highest BCUT2D eigenvalue weighted by Crippen LogP contribution is 2.25. The minimum absolute atomic E-state index is 0.0203. The molecule has 0 aromatic rings. The molecule has 0 radical (unpaired) electrons. The summed E-state index contributed by atoms with van der Waals surface area (Å²) in [4.78, 5) is 23.2. The lowest BCUT2D eigenvalue weighted by molar-refractivity contribution is -0.152. The molecule has 1 saturated carbocycles. The smallest absolute Gasteiger partial charge is 0.316 e. The third kappa shape index (κ3) is 2.56. The third-order valence-electron chi connectivity index (χ3n) is 2.78. The summed E-state index contributed by atoms with van der Waals surface area (Å²) < 4.78 is 4.90. The average molecular weight is 198 g/mol. The second-order valence-corrected chi connectivity index (χ2v) is 3.89. The molecule has 2 unspecified atom stereocenters. The van der Waals surface area contributed by atoms with Gasteiger partial charge in [-0.15, -0.1) is 0 Å². The highest BCUT2D eigenvalue weighted by Gasteiger charge is 2.32. The van der Waals surface area contributed by atoms with Crippen molar-refractivity contribution in [3.05, 3.63) is 0 Å². The Balaban J connectivity index is 2.64. The molecule has 0 aromatic carbocycles. The van der Waals surface area contributed by atoms with Gasteiger partial charge in [0, 0.05) is 5.92 Å². The van der Waals surface area contributed by atoms with Gasteiger partial charge in [0.25, 0.3) is 0 Å². The van der Waals surface area contributed by atoms with Gasteiger partial charge in [0.05, 0.1) is 6.61 Å². The molecule has 0 aromatic heterocycles. The van der Waals surface area contributed by atoms with Crippen molar-refractivity contribution < 1.29 is 14.3 Å². The number of esters is 1. The quantitative estimate of drug-likeness (QED) is 0.387. The van der Waals surface area contributed by atoms with Crippen LogP contribution in [0.2, 0.25) is 0 Å². The molecule has 3 heteroatoms. The standard InChI is InChI=1S/C11H18O3/c1-3-14-11(13)9-7-5-4-6-8(2)10(9)12/h8-9H,3-7H2,1-2H3. The maximum absolute atomic E-state index is 11.8. The van der Waals surface area contributed by atoms with Gasteiger partial charge in [0.1, 0.15) is 11.7 Å². The first-order valence-electron chi connectivity index (χ1n) is 5.37. The van der Waals surface area contributed by atoms with Crippen LogP contribution < -0.4 is 0 Å². The zero-order chi connectivity index (χ0) is 10.6. The van der Waals surface area contributed by atoms with Gasteiger partial charge >= 0.3 is 5.97 Å². The maximum atomic E-state index is 11.8. The van der Waals surface area contributed by atoms with E-state index in [0.717, 1.165) is 19.3 Å². The molecular weight excluding hydrogens is 180 g/mol. The van der Waals surface area contributed by atoms with E-state index in [4.69, 9.17) is 4.74 Å². The Morgan fingerprint density at radius 1 is 1.43 bits per heavy atom. The van der Waals surface area contributed by atoms with Crippen LogP contribution in [0.3, 0.4) is 0 Å². The van der Waals surface area contributed by atoms with E-state index in [1.54, 1.807) is 6.92 Å². The summed E-state index contributed by atoms with van der Waals surface area (Å²) in [5.74, 6) is -0.730. The Morgan fingerprint density at radius 3 is 2.71 bits per heavy atom. The number of ether oxygens (including phenoxy) is 1. The Morgan fingerprint density at radius 2 is 2.07 bits per heavy atom. The number of hydrogen-bond donors (Lipinski definition) is 0. The summed E-state index contributed by atoms with van der Waals surface area (Å²) >= 11 is 0. The van der Waals surface area contributed by atoms with Crippen LogP contribution in [0.15, 0.2) is 0 Å². The van der Waals surface area contributed by atoms with Crippen LogP contribution in [0.1, 0.15) is 39.5 Å². The monoisotopic (exact) mass is 198 g/mol. The van der Waals surface area contributed by atoms with Crippen molar-refractivity contribution >= 4 is 11.8 Å². The number of carbonyl (C=O) groups excluding carboxylic acids is 2. The lowest BCUT2D eigenvalue weighted by Crippen LogP contribution is -2.28. The van der Waals surface area contributed by atoms with Crippen molar-refractivity contribution in [2.75, 3.05) is 6.61 Å². The van der Waals surface area contributed by atoms with Crippen LogP contribution in [-0.4, -0.2) is 18.4 Å². The van der Waals surface area contributed by atoms with Gasteiger partial charge in [-0.1, -0.05) is 19.8 Å². The molecule has 0 amide bonds. The van der Waals surface area contributed by atoms with Crippen LogP contribution >= 0.6 is 0 Å². The molecule has 1 fully saturated rings. The lowest BCUT2D eigenvalue weighted by atomic mass is 9.93. The first kappa shape index (κ1) is 11.2. The maximum Gasteiger partial charge on any atom is 0.316 e. The molecule has 1 aliphatic rings. The van der Waals surface area contributed by atoms with E-state index in [1.807, 2.05) is 6.92 Å². The van der Waals surface area contributed by atoms with Crippen molar-refractivity contribution in [1.82, 2.24) is 0 Å². The van der Waals surface area contributed by atoms with Gasteiger partial charge in [0.15, 0.2) is 0 Å². The normalized spacial score (nSPS) is 28.3. The largest absolute Gasteiger partial charge is 0.465 e. The average Bonchev–Trinajstić information content (AvgIpc) is 2.31. The fourth-order valence-corrected chi connectivity index (χ4v) is 1.90. The summed E-state index contributed by atoms with van der Waals surface area (Å²) in [6.07, 6.45) is 3.58. The molecule has 3 nitrogen and oxygen atoms in total. The minimum atomic E-state index is -0.493. The molecule has 0 heterocycles. The number of rotatable bonds is 2. The van der Waals surface area contributed by atoms with Gasteiger partial charge < -0.3 is 4.74 Å². The van der Waals surface area contributed by atoms with Crippen LogP contribution in [0.4, 0.5) is 0 Å². The van der Waals surface area contributed by atoms with E-state index in [-0.39, 0.29) is 17.7 Å². The predicted molar refractivity (Wildman–Crippen MR) is 52.8 cm³/mol. The molecule has 0 N–H and O–H groups in total. The molecule has 0 saturated heterocycles. The Hall–Kier alpha value is -0.860. The second kappa shape index (κ2) is 5.13. The lowest BCUT2D eigenvalue weighted by Gasteiger charge is -2.14. The fraction of sp³-hybridized carbons (Fsp3) is 0.818. The number of Topliss-reactive ketones (excluding diaryl/α,β-unsaturated/α-hetero) is 1. The van der Waals surface area contributed by atoms with Gasteiger partial charge in [-0.2, -0.15) is 0 Å². The summed E-state index contributed by atoms with van der Waals surface area (Å²) in [5, 5.41) is 0. The third-order valence-corrected chi connectivity index (χ3v) is 2.78. The van der Waals surface area contributed by atoms with Crippen LogP contribution in [0, 0.1) is 11.8 Å². The minimum Gasteiger partial charge on any atom is -0.465 e. The van der Waals surface area contributed by atoms with Gasteiger partial charge in [-0.3, -0.25) is 9.59 Å². The zero-order valence-corrected chi connectivity index (χ0v) is 8.91. The van der Waals surface area contributed by atoms with Crippen LogP contribution in [0.5, 0.6) is 0 Å². The summed E-state index contributed by atoms with van der Waals surface area (Å²) in [6, 6.07) is 0. The Kier molecular flexibility index (Phi) is 4.11. The molecule has 0 spiro atoms. The van der Waals surface area contributed by atoms with E-state index in [1.165, 1.54) is 0 Å². The van der Waals surface area contributed by atoms with E-state index < -0.39 is 5.92 Å². The van der Waals surface area contributed by atoms with Crippen molar-refractivity contribution in [1.29, 1.82) is 0 Å². The van der Waals surface area contributed by atoms with E-state index in [2.05, 4.69) is 0 Å². The van der Waals surface area contributed by atoms with E-state index in [9.17, 15) is 9.59 Å². The highest BCUT2D eigenvalue weighted by atomic mass is 16.5. The van der Waals surface area contributed by atoms with Crippen molar-refractivity contribution in [3.63, 3.8) is 0 Å². The Bertz CT molecular complexity index is 223.